The molecule has 0 saturated heterocycles. The quantitative estimate of drug-likeness (QED) is 0.421. The van der Waals surface area contributed by atoms with Crippen LogP contribution in [0.5, 0.6) is 0 Å². The number of hydrogen-bond acceptors (Lipinski definition) is 2. The first kappa shape index (κ1) is 18.7. The average molecular weight is 455 g/mol. The zero-order valence-electron chi connectivity index (χ0n) is 14.9. The molecule has 3 aromatic carbocycles. The van der Waals surface area contributed by atoms with Gasteiger partial charge in [0.25, 0.3) is 0 Å². The smallest absolute Gasteiger partial charge is 0.244 e. The van der Waals surface area contributed by atoms with Crippen LogP contribution in [-0.4, -0.2) is 15.5 Å². The molecule has 28 heavy (non-hydrogen) atoms. The minimum atomic E-state index is -0.110. The van der Waals surface area contributed by atoms with E-state index in [4.69, 9.17) is 16.6 Å². The number of carbonyl (C=O) groups excluding carboxylic acids is 1. The lowest BCUT2D eigenvalue weighted by atomic mass is 10.1. The van der Waals surface area contributed by atoms with Gasteiger partial charge in [-0.1, -0.05) is 63.9 Å². The maximum atomic E-state index is 12.7. The highest BCUT2D eigenvalue weighted by Crippen LogP contribution is 2.23. The second kappa shape index (κ2) is 8.17. The van der Waals surface area contributed by atoms with E-state index in [0.717, 1.165) is 32.6 Å². The minimum absolute atomic E-state index is 0.110. The molecule has 0 aliphatic heterocycles. The zero-order chi connectivity index (χ0) is 19.5. The van der Waals surface area contributed by atoms with Gasteiger partial charge in [0.1, 0.15) is 12.4 Å². The van der Waals surface area contributed by atoms with Crippen molar-refractivity contribution in [1.82, 2.24) is 9.55 Å². The average Bonchev–Trinajstić information content (AvgIpc) is 3.01. The van der Waals surface area contributed by atoms with Gasteiger partial charge in [-0.3, -0.25) is 4.79 Å². The Morgan fingerprint density at radius 3 is 2.64 bits per heavy atom. The first-order valence-electron chi connectivity index (χ1n) is 8.83. The molecule has 1 N–H and O–H groups in total. The van der Waals surface area contributed by atoms with E-state index in [9.17, 15) is 4.79 Å². The molecule has 4 rings (SSSR count). The summed E-state index contributed by atoms with van der Waals surface area (Å²) in [5.41, 5.74) is 3.51. The Labute approximate surface area is 176 Å². The first-order valence-corrected chi connectivity index (χ1v) is 10.0. The summed E-state index contributed by atoms with van der Waals surface area (Å²) in [7, 11) is 0. The Bertz CT molecular complexity index is 1160. The topological polar surface area (TPSA) is 46.9 Å². The number of halogens is 2. The highest BCUT2D eigenvalue weighted by atomic mass is 79.9. The molecule has 0 radical (unpaired) electrons. The Morgan fingerprint density at radius 2 is 1.82 bits per heavy atom. The van der Waals surface area contributed by atoms with Gasteiger partial charge in [-0.05, 0) is 42.0 Å². The number of amides is 1. The number of rotatable bonds is 5. The van der Waals surface area contributed by atoms with Gasteiger partial charge in [0, 0.05) is 21.6 Å². The van der Waals surface area contributed by atoms with E-state index in [2.05, 4.69) is 21.2 Å². The number of carbonyl (C=O) groups is 1. The van der Waals surface area contributed by atoms with E-state index < -0.39 is 0 Å². The van der Waals surface area contributed by atoms with E-state index in [1.165, 1.54) is 0 Å². The summed E-state index contributed by atoms with van der Waals surface area (Å²) >= 11 is 9.75. The Hall–Kier alpha value is -2.63. The van der Waals surface area contributed by atoms with Gasteiger partial charge in [-0.25, -0.2) is 4.98 Å². The maximum absolute atomic E-state index is 12.7. The van der Waals surface area contributed by atoms with Gasteiger partial charge in [-0.2, -0.15) is 0 Å². The fraction of sp³-hybridized carbons (Fsp3) is 0.0909. The van der Waals surface area contributed by atoms with Crippen LogP contribution in [0, 0.1) is 0 Å². The summed E-state index contributed by atoms with van der Waals surface area (Å²) in [5, 5.41) is 3.64. The van der Waals surface area contributed by atoms with Crippen molar-refractivity contribution in [2.45, 2.75) is 13.0 Å². The second-order valence-electron chi connectivity index (χ2n) is 6.43. The van der Waals surface area contributed by atoms with Crippen molar-refractivity contribution >= 4 is 50.2 Å². The molecule has 0 saturated carbocycles. The Balaban J connectivity index is 1.65. The van der Waals surface area contributed by atoms with Crippen molar-refractivity contribution in [3.05, 3.63) is 93.7 Å². The molecular formula is C22H17BrClN3O. The van der Waals surface area contributed by atoms with Crippen LogP contribution in [0.25, 0.3) is 11.0 Å². The van der Waals surface area contributed by atoms with E-state index in [0.29, 0.717) is 11.4 Å². The molecule has 0 aliphatic rings. The molecule has 0 fully saturated rings. The molecule has 1 heterocycles. The largest absolute Gasteiger partial charge is 0.324 e. The van der Waals surface area contributed by atoms with Crippen LogP contribution in [0.15, 0.2) is 77.3 Å². The van der Waals surface area contributed by atoms with Crippen LogP contribution in [0.3, 0.4) is 0 Å². The first-order chi connectivity index (χ1) is 13.6. The lowest BCUT2D eigenvalue weighted by Gasteiger charge is -2.11. The number of nitrogens with one attached hydrogen (secondary N) is 1. The molecule has 0 aliphatic carbocycles. The Morgan fingerprint density at radius 1 is 1.04 bits per heavy atom. The van der Waals surface area contributed by atoms with Gasteiger partial charge in [-0.15, -0.1) is 0 Å². The predicted octanol–water partition coefficient (Wildman–Crippen LogP) is 5.68. The molecule has 4 nitrogen and oxygen atoms in total. The van der Waals surface area contributed by atoms with Crippen molar-refractivity contribution in [2.24, 2.45) is 0 Å². The summed E-state index contributed by atoms with van der Waals surface area (Å²) in [5.74, 6) is 0.695. The van der Waals surface area contributed by atoms with Gasteiger partial charge in [0.15, 0.2) is 0 Å². The standard InChI is InChI=1S/C22H17BrClN3O/c23-16-7-5-8-17(13-16)25-22(28)14-27-20-11-4-3-10-19(20)26-21(27)12-15-6-1-2-9-18(15)24/h1-11,13H,12,14H2,(H,25,28). The third-order valence-electron chi connectivity index (χ3n) is 4.45. The van der Waals surface area contributed by atoms with E-state index in [1.807, 2.05) is 77.4 Å². The number of nitrogens with zero attached hydrogens (tertiary/aromatic N) is 2. The number of fused-ring (bicyclic) bond motifs is 1. The number of para-hydroxylation sites is 2. The normalized spacial score (nSPS) is 10.9. The molecular weight excluding hydrogens is 438 g/mol. The van der Waals surface area contributed by atoms with Crippen LogP contribution in [0.1, 0.15) is 11.4 Å². The van der Waals surface area contributed by atoms with Crippen LogP contribution in [0.2, 0.25) is 5.02 Å². The summed E-state index contributed by atoms with van der Waals surface area (Å²) in [4.78, 5) is 17.4. The van der Waals surface area contributed by atoms with Crippen molar-refractivity contribution in [1.29, 1.82) is 0 Å². The second-order valence-corrected chi connectivity index (χ2v) is 7.75. The molecule has 0 bridgehead atoms. The zero-order valence-corrected chi connectivity index (χ0v) is 17.2. The van der Waals surface area contributed by atoms with E-state index in [-0.39, 0.29) is 12.5 Å². The molecule has 0 spiro atoms. The fourth-order valence-electron chi connectivity index (χ4n) is 3.16. The summed E-state index contributed by atoms with van der Waals surface area (Å²) in [6.45, 7) is 0.173. The van der Waals surface area contributed by atoms with Gasteiger partial charge >= 0.3 is 0 Å². The molecule has 1 amide bonds. The van der Waals surface area contributed by atoms with Crippen molar-refractivity contribution in [3.8, 4) is 0 Å². The van der Waals surface area contributed by atoms with Crippen molar-refractivity contribution in [2.75, 3.05) is 5.32 Å². The van der Waals surface area contributed by atoms with Gasteiger partial charge < -0.3 is 9.88 Å². The third kappa shape index (κ3) is 4.11. The number of anilines is 1. The highest BCUT2D eigenvalue weighted by molar-refractivity contribution is 9.10. The summed E-state index contributed by atoms with van der Waals surface area (Å²) in [6.07, 6.45) is 0.554. The molecule has 1 aromatic heterocycles. The molecule has 140 valence electrons. The summed E-state index contributed by atoms with van der Waals surface area (Å²) < 4.78 is 2.86. The number of benzene rings is 3. The summed E-state index contributed by atoms with van der Waals surface area (Å²) in [6, 6.07) is 23.1. The van der Waals surface area contributed by atoms with Crippen LogP contribution in [0.4, 0.5) is 5.69 Å². The SMILES string of the molecule is O=C(Cn1c(Cc2ccccc2Cl)nc2ccccc21)Nc1cccc(Br)c1. The third-order valence-corrected chi connectivity index (χ3v) is 5.31. The van der Waals surface area contributed by atoms with Gasteiger partial charge in [0.05, 0.1) is 11.0 Å². The van der Waals surface area contributed by atoms with E-state index in [1.54, 1.807) is 0 Å². The molecule has 0 atom stereocenters. The predicted molar refractivity (Wildman–Crippen MR) is 117 cm³/mol. The minimum Gasteiger partial charge on any atom is -0.324 e. The van der Waals surface area contributed by atoms with Crippen LogP contribution >= 0.6 is 27.5 Å². The lowest BCUT2D eigenvalue weighted by molar-refractivity contribution is -0.116. The molecule has 6 heteroatoms. The van der Waals surface area contributed by atoms with E-state index >= 15 is 0 Å². The van der Waals surface area contributed by atoms with Crippen molar-refractivity contribution in [3.63, 3.8) is 0 Å². The number of aromatic nitrogens is 2. The maximum Gasteiger partial charge on any atom is 0.244 e. The molecule has 4 aromatic rings. The number of hydrogen-bond donors (Lipinski definition) is 1. The fourth-order valence-corrected chi connectivity index (χ4v) is 3.76. The molecule has 0 unspecified atom stereocenters. The van der Waals surface area contributed by atoms with Crippen LogP contribution in [-0.2, 0) is 17.8 Å². The lowest BCUT2D eigenvalue weighted by Crippen LogP contribution is -2.20. The highest BCUT2D eigenvalue weighted by Gasteiger charge is 2.15. The van der Waals surface area contributed by atoms with Crippen LogP contribution < -0.4 is 5.32 Å². The van der Waals surface area contributed by atoms with Crippen molar-refractivity contribution < 1.29 is 4.79 Å². The van der Waals surface area contributed by atoms with Gasteiger partial charge in [0.2, 0.25) is 5.91 Å². The number of imidazole rings is 1. The Kier molecular flexibility index (Phi) is 5.46. The monoisotopic (exact) mass is 453 g/mol.